The van der Waals surface area contributed by atoms with E-state index in [-0.39, 0.29) is 24.0 Å². The monoisotopic (exact) mass is 544 g/mol. The summed E-state index contributed by atoms with van der Waals surface area (Å²) in [6.07, 6.45) is 0. The lowest BCUT2D eigenvalue weighted by atomic mass is 10.1. The number of nitrogens with zero attached hydrogens (tertiary/aromatic N) is 4. The molecule has 1 aromatic rings. The van der Waals surface area contributed by atoms with Crippen molar-refractivity contribution in [3.8, 4) is 0 Å². The number of guanidine groups is 1. The maximum absolute atomic E-state index is 5.48. The van der Waals surface area contributed by atoms with E-state index in [2.05, 4.69) is 70.5 Å². The summed E-state index contributed by atoms with van der Waals surface area (Å²) >= 11 is 0. The van der Waals surface area contributed by atoms with E-state index in [0.29, 0.717) is 12.6 Å². The van der Waals surface area contributed by atoms with Gasteiger partial charge in [-0.25, -0.2) is 4.99 Å². The molecule has 0 bridgehead atoms. The molecule has 2 fully saturated rings. The molecule has 0 aromatic heterocycles. The van der Waals surface area contributed by atoms with Gasteiger partial charge in [-0.3, -0.25) is 9.80 Å². The van der Waals surface area contributed by atoms with Gasteiger partial charge in [-0.05, 0) is 32.0 Å². The largest absolute Gasteiger partial charge is 0.379 e. The zero-order valence-corrected chi connectivity index (χ0v) is 21.8. The minimum atomic E-state index is 0. The number of benzene rings is 1. The highest BCUT2D eigenvalue weighted by Gasteiger charge is 2.19. The van der Waals surface area contributed by atoms with Gasteiger partial charge >= 0.3 is 0 Å². The molecular weight excluding hydrogens is 503 g/mol. The van der Waals surface area contributed by atoms with E-state index in [4.69, 9.17) is 9.73 Å². The van der Waals surface area contributed by atoms with E-state index in [9.17, 15) is 0 Å². The van der Waals surface area contributed by atoms with Crippen LogP contribution in [0.4, 0.5) is 0 Å². The molecule has 1 aromatic carbocycles. The number of ether oxygens (including phenoxy) is 1. The molecule has 2 aliphatic rings. The first-order valence-corrected chi connectivity index (χ1v) is 11.5. The van der Waals surface area contributed by atoms with E-state index in [1.54, 1.807) is 0 Å². The van der Waals surface area contributed by atoms with Crippen LogP contribution in [-0.2, 0) is 17.8 Å². The third-order valence-corrected chi connectivity index (χ3v) is 6.09. The fourth-order valence-corrected chi connectivity index (χ4v) is 4.01. The number of hydrogen-bond donors (Lipinski definition) is 2. The number of piperazine rings is 1. The van der Waals surface area contributed by atoms with Crippen LogP contribution in [0.15, 0.2) is 29.3 Å². The van der Waals surface area contributed by atoms with Crippen molar-refractivity contribution in [2.24, 2.45) is 4.99 Å². The number of halogens is 1. The first-order chi connectivity index (χ1) is 14.7. The van der Waals surface area contributed by atoms with Gasteiger partial charge in [0.15, 0.2) is 5.96 Å². The lowest BCUT2D eigenvalue weighted by molar-refractivity contribution is 0.0341. The van der Waals surface area contributed by atoms with Crippen LogP contribution in [0.2, 0.25) is 0 Å². The summed E-state index contributed by atoms with van der Waals surface area (Å²) in [7, 11) is 2.20. The predicted octanol–water partition coefficient (Wildman–Crippen LogP) is 1.83. The molecule has 2 saturated heterocycles. The molecule has 0 saturated carbocycles. The predicted molar refractivity (Wildman–Crippen MR) is 139 cm³/mol. The molecule has 2 aliphatic heterocycles. The molecule has 31 heavy (non-hydrogen) atoms. The fourth-order valence-electron chi connectivity index (χ4n) is 4.01. The lowest BCUT2D eigenvalue weighted by Crippen LogP contribution is -2.52. The first-order valence-electron chi connectivity index (χ1n) is 11.5. The maximum atomic E-state index is 5.48. The number of morpholine rings is 1. The van der Waals surface area contributed by atoms with Gasteiger partial charge in [-0.2, -0.15) is 0 Å². The van der Waals surface area contributed by atoms with Gasteiger partial charge in [0.1, 0.15) is 0 Å². The van der Waals surface area contributed by atoms with Gasteiger partial charge in [0.2, 0.25) is 0 Å². The van der Waals surface area contributed by atoms with Crippen molar-refractivity contribution in [3.05, 3.63) is 35.4 Å². The van der Waals surface area contributed by atoms with Crippen LogP contribution in [0.3, 0.4) is 0 Å². The third kappa shape index (κ3) is 8.84. The maximum Gasteiger partial charge on any atom is 0.191 e. The van der Waals surface area contributed by atoms with Crippen LogP contribution in [0.25, 0.3) is 0 Å². The Morgan fingerprint density at radius 1 is 1.03 bits per heavy atom. The topological polar surface area (TPSA) is 55.4 Å². The second-order valence-electron chi connectivity index (χ2n) is 8.42. The number of aliphatic imine (C=N–C) groups is 1. The van der Waals surface area contributed by atoms with Crippen LogP contribution in [0, 0.1) is 0 Å². The smallest absolute Gasteiger partial charge is 0.191 e. The Labute approximate surface area is 205 Å². The molecule has 0 aliphatic carbocycles. The molecule has 176 valence electrons. The van der Waals surface area contributed by atoms with E-state index in [1.807, 2.05) is 0 Å². The first kappa shape index (κ1) is 26.3. The highest BCUT2D eigenvalue weighted by molar-refractivity contribution is 14.0. The average Bonchev–Trinajstić information content (AvgIpc) is 2.77. The van der Waals surface area contributed by atoms with Gasteiger partial charge < -0.3 is 20.3 Å². The number of rotatable bonds is 8. The SMILES string of the molecule is CCNC(=NCc1ccccc1CN1CCOCC1)NCC(C)N1CCN(C)CC1.I. The summed E-state index contributed by atoms with van der Waals surface area (Å²) in [5.74, 6) is 0.902. The second-order valence-corrected chi connectivity index (χ2v) is 8.42. The summed E-state index contributed by atoms with van der Waals surface area (Å²) in [6, 6.07) is 9.18. The molecule has 0 radical (unpaired) electrons. The van der Waals surface area contributed by atoms with Crippen molar-refractivity contribution in [1.29, 1.82) is 0 Å². The lowest BCUT2D eigenvalue weighted by Gasteiger charge is -2.36. The quantitative estimate of drug-likeness (QED) is 0.296. The van der Waals surface area contributed by atoms with Gasteiger partial charge in [0.05, 0.1) is 19.8 Å². The summed E-state index contributed by atoms with van der Waals surface area (Å²) in [6.45, 7) is 16.1. The Morgan fingerprint density at radius 3 is 2.39 bits per heavy atom. The number of likely N-dealkylation sites (N-methyl/N-ethyl adjacent to an activating group) is 1. The normalized spacial score (nSPS) is 20.2. The molecule has 7 nitrogen and oxygen atoms in total. The summed E-state index contributed by atoms with van der Waals surface area (Å²) in [5, 5.41) is 6.96. The van der Waals surface area contributed by atoms with Crippen LogP contribution in [0.5, 0.6) is 0 Å². The molecule has 8 heteroatoms. The van der Waals surface area contributed by atoms with Gasteiger partial charge in [0, 0.05) is 64.9 Å². The summed E-state index contributed by atoms with van der Waals surface area (Å²) in [4.78, 5) is 12.3. The Kier molecular flexibility index (Phi) is 12.1. The molecule has 2 heterocycles. The van der Waals surface area contributed by atoms with E-state index in [0.717, 1.165) is 78.1 Å². The van der Waals surface area contributed by atoms with E-state index in [1.165, 1.54) is 11.1 Å². The molecule has 3 rings (SSSR count). The zero-order chi connectivity index (χ0) is 21.2. The van der Waals surface area contributed by atoms with Crippen molar-refractivity contribution in [2.45, 2.75) is 33.0 Å². The summed E-state index contributed by atoms with van der Waals surface area (Å²) in [5.41, 5.74) is 2.66. The Hall–Kier alpha value is -0.940. The van der Waals surface area contributed by atoms with Crippen molar-refractivity contribution in [1.82, 2.24) is 25.3 Å². The van der Waals surface area contributed by atoms with Crippen molar-refractivity contribution < 1.29 is 4.74 Å². The minimum absolute atomic E-state index is 0. The Morgan fingerprint density at radius 2 is 1.71 bits per heavy atom. The highest BCUT2D eigenvalue weighted by atomic mass is 127. The van der Waals surface area contributed by atoms with Crippen LogP contribution in [-0.4, -0.2) is 99.3 Å². The zero-order valence-electron chi connectivity index (χ0n) is 19.5. The summed E-state index contributed by atoms with van der Waals surface area (Å²) < 4.78 is 5.48. The van der Waals surface area contributed by atoms with Gasteiger partial charge in [0.25, 0.3) is 0 Å². The average molecular weight is 545 g/mol. The molecule has 2 N–H and O–H groups in total. The minimum Gasteiger partial charge on any atom is -0.379 e. The highest BCUT2D eigenvalue weighted by Crippen LogP contribution is 2.14. The number of nitrogens with one attached hydrogen (secondary N) is 2. The molecule has 0 spiro atoms. The number of hydrogen-bond acceptors (Lipinski definition) is 5. The molecule has 0 amide bonds. The van der Waals surface area contributed by atoms with E-state index >= 15 is 0 Å². The van der Waals surface area contributed by atoms with Crippen molar-refractivity contribution in [2.75, 3.05) is 72.6 Å². The Bertz CT molecular complexity index is 659. The van der Waals surface area contributed by atoms with Gasteiger partial charge in [-0.15, -0.1) is 24.0 Å². The molecule has 1 atom stereocenters. The molecular formula is C23H41IN6O. The molecule has 1 unspecified atom stereocenters. The third-order valence-electron chi connectivity index (χ3n) is 6.09. The Balaban J connectivity index is 0.00000341. The van der Waals surface area contributed by atoms with Crippen molar-refractivity contribution >= 4 is 29.9 Å². The second kappa shape index (κ2) is 14.3. The van der Waals surface area contributed by atoms with Crippen molar-refractivity contribution in [3.63, 3.8) is 0 Å². The van der Waals surface area contributed by atoms with E-state index < -0.39 is 0 Å². The fraction of sp³-hybridized carbons (Fsp3) is 0.696. The van der Waals surface area contributed by atoms with Crippen LogP contribution >= 0.6 is 24.0 Å². The van der Waals surface area contributed by atoms with Crippen LogP contribution in [0.1, 0.15) is 25.0 Å². The standard InChI is InChI=1S/C23H40N6O.HI/c1-4-24-23(25-17-20(2)29-11-9-27(3)10-12-29)26-18-21-7-5-6-8-22(21)19-28-13-15-30-16-14-28;/h5-8,20H,4,9-19H2,1-3H3,(H2,24,25,26);1H. The van der Waals surface area contributed by atoms with Gasteiger partial charge in [-0.1, -0.05) is 24.3 Å². The van der Waals surface area contributed by atoms with Crippen LogP contribution < -0.4 is 10.6 Å².